The molecule has 20 heavy (non-hydrogen) atoms. The molecule has 1 heterocycles. The molecule has 0 aliphatic heterocycles. The van der Waals surface area contributed by atoms with Crippen LogP contribution in [0.2, 0.25) is 0 Å². The highest BCUT2D eigenvalue weighted by Crippen LogP contribution is 2.21. The fraction of sp³-hybridized carbons (Fsp3) is 0.615. The largest absolute Gasteiger partial charge is 0.477 e. The van der Waals surface area contributed by atoms with Crippen LogP contribution in [0.4, 0.5) is 0 Å². The molecule has 0 unspecified atom stereocenters. The van der Waals surface area contributed by atoms with Gasteiger partial charge in [-0.1, -0.05) is 6.92 Å². The van der Waals surface area contributed by atoms with Crippen molar-refractivity contribution in [2.24, 2.45) is 0 Å². The third-order valence-electron chi connectivity index (χ3n) is 3.06. The first-order valence-electron chi connectivity index (χ1n) is 6.71. The van der Waals surface area contributed by atoms with Crippen molar-refractivity contribution >= 4 is 16.0 Å². The number of sulfonamides is 1. The van der Waals surface area contributed by atoms with Gasteiger partial charge in [-0.05, 0) is 33.3 Å². The summed E-state index contributed by atoms with van der Waals surface area (Å²) >= 11 is 0. The highest BCUT2D eigenvalue weighted by molar-refractivity contribution is 7.89. The van der Waals surface area contributed by atoms with E-state index < -0.39 is 16.0 Å². The topological polar surface area (TPSA) is 79.6 Å². The molecule has 1 rings (SSSR count). The molecule has 0 saturated heterocycles. The molecule has 0 aromatic carbocycles. The zero-order chi connectivity index (χ0) is 15.5. The van der Waals surface area contributed by atoms with Crippen LogP contribution in [0.15, 0.2) is 17.2 Å². The monoisotopic (exact) mass is 302 g/mol. The maximum atomic E-state index is 12.6. The Hall–Kier alpha value is -1.34. The van der Waals surface area contributed by atoms with E-state index in [9.17, 15) is 13.2 Å². The molecule has 1 aromatic heterocycles. The van der Waals surface area contributed by atoms with Crippen LogP contribution < -0.4 is 0 Å². The normalized spacial score (nSPS) is 12.3. The molecule has 0 radical (unpaired) electrons. The van der Waals surface area contributed by atoms with Gasteiger partial charge in [-0.3, -0.25) is 0 Å². The standard InChI is InChI=1S/C13H22N2O4S/c1-5-7-15(10(3)4)20(18,19)11-8-12(13(16)17)14(6-2)9-11/h8-10H,5-7H2,1-4H3,(H,16,17). The first-order chi connectivity index (χ1) is 9.25. The third-order valence-corrected chi connectivity index (χ3v) is 5.10. The Morgan fingerprint density at radius 3 is 2.35 bits per heavy atom. The van der Waals surface area contributed by atoms with Crippen molar-refractivity contribution in [2.45, 2.75) is 51.6 Å². The molecule has 6 nitrogen and oxygen atoms in total. The molecular weight excluding hydrogens is 280 g/mol. The fourth-order valence-electron chi connectivity index (χ4n) is 2.08. The van der Waals surface area contributed by atoms with E-state index in [1.807, 2.05) is 20.8 Å². The van der Waals surface area contributed by atoms with Gasteiger partial charge in [-0.25, -0.2) is 13.2 Å². The molecule has 0 aliphatic carbocycles. The minimum Gasteiger partial charge on any atom is -0.477 e. The summed E-state index contributed by atoms with van der Waals surface area (Å²) in [5.74, 6) is -1.13. The van der Waals surface area contributed by atoms with Crippen LogP contribution in [0.25, 0.3) is 0 Å². The van der Waals surface area contributed by atoms with Crippen LogP contribution in [0.1, 0.15) is 44.6 Å². The zero-order valence-corrected chi connectivity index (χ0v) is 13.1. The smallest absolute Gasteiger partial charge is 0.352 e. The van der Waals surface area contributed by atoms with Gasteiger partial charge in [0, 0.05) is 25.3 Å². The molecule has 0 saturated carbocycles. The molecule has 0 fully saturated rings. The summed E-state index contributed by atoms with van der Waals surface area (Å²) in [5, 5.41) is 9.10. The quantitative estimate of drug-likeness (QED) is 0.835. The number of carboxylic acids is 1. The molecule has 114 valence electrons. The lowest BCUT2D eigenvalue weighted by atomic mass is 10.4. The van der Waals surface area contributed by atoms with Crippen LogP contribution in [0.5, 0.6) is 0 Å². The zero-order valence-electron chi connectivity index (χ0n) is 12.3. The van der Waals surface area contributed by atoms with Gasteiger partial charge in [0.05, 0.1) is 0 Å². The molecule has 0 amide bonds. The van der Waals surface area contributed by atoms with Crippen LogP contribution >= 0.6 is 0 Å². The number of carboxylic acid groups (broad SMARTS) is 1. The number of rotatable bonds is 7. The molecule has 7 heteroatoms. The van der Waals surface area contributed by atoms with E-state index in [4.69, 9.17) is 5.11 Å². The second-order valence-corrected chi connectivity index (χ2v) is 6.75. The Morgan fingerprint density at radius 1 is 1.40 bits per heavy atom. The van der Waals surface area contributed by atoms with E-state index in [0.29, 0.717) is 19.5 Å². The fourth-order valence-corrected chi connectivity index (χ4v) is 3.85. The van der Waals surface area contributed by atoms with Crippen LogP contribution in [-0.4, -0.2) is 41.0 Å². The first kappa shape index (κ1) is 16.7. The number of nitrogens with zero attached hydrogens (tertiary/aromatic N) is 2. The molecule has 0 aliphatic rings. The molecule has 1 N–H and O–H groups in total. The van der Waals surface area contributed by atoms with Gasteiger partial charge >= 0.3 is 5.97 Å². The second-order valence-electron chi connectivity index (χ2n) is 4.86. The predicted octanol–water partition coefficient (Wildman–Crippen LogP) is 2.02. The Bertz CT molecular complexity index is 575. The highest BCUT2D eigenvalue weighted by atomic mass is 32.2. The van der Waals surface area contributed by atoms with Crippen molar-refractivity contribution in [3.63, 3.8) is 0 Å². The summed E-state index contributed by atoms with van der Waals surface area (Å²) < 4.78 is 28.0. The number of carbonyl (C=O) groups is 1. The number of hydrogen-bond donors (Lipinski definition) is 1. The van der Waals surface area contributed by atoms with Gasteiger partial charge in [-0.15, -0.1) is 0 Å². The van der Waals surface area contributed by atoms with Crippen LogP contribution in [-0.2, 0) is 16.6 Å². The Kier molecular flexibility index (Phi) is 5.35. The van der Waals surface area contributed by atoms with Gasteiger partial charge in [0.2, 0.25) is 10.0 Å². The van der Waals surface area contributed by atoms with Crippen molar-refractivity contribution in [3.8, 4) is 0 Å². The lowest BCUT2D eigenvalue weighted by molar-refractivity contribution is 0.0685. The van der Waals surface area contributed by atoms with E-state index in [1.54, 1.807) is 6.92 Å². The van der Waals surface area contributed by atoms with Gasteiger partial charge in [0.1, 0.15) is 10.6 Å². The van der Waals surface area contributed by atoms with Gasteiger partial charge in [0.25, 0.3) is 0 Å². The van der Waals surface area contributed by atoms with E-state index in [-0.39, 0.29) is 16.6 Å². The SMILES string of the molecule is CCCN(C(C)C)S(=O)(=O)c1cc(C(=O)O)n(CC)c1. The van der Waals surface area contributed by atoms with Gasteiger partial charge in [0.15, 0.2) is 0 Å². The molecule has 1 aromatic rings. The van der Waals surface area contributed by atoms with Crippen LogP contribution in [0, 0.1) is 0 Å². The number of hydrogen-bond acceptors (Lipinski definition) is 3. The summed E-state index contributed by atoms with van der Waals surface area (Å²) in [7, 11) is -3.66. The summed E-state index contributed by atoms with van der Waals surface area (Å²) in [5.41, 5.74) is -0.00807. The number of aryl methyl sites for hydroxylation is 1. The summed E-state index contributed by atoms with van der Waals surface area (Å²) in [6.45, 7) is 8.12. The maximum absolute atomic E-state index is 12.6. The minimum absolute atomic E-state index is 0.00807. The number of aromatic nitrogens is 1. The van der Waals surface area contributed by atoms with Crippen molar-refractivity contribution in [1.82, 2.24) is 8.87 Å². The lowest BCUT2D eigenvalue weighted by Crippen LogP contribution is -2.37. The Balaban J connectivity index is 3.31. The van der Waals surface area contributed by atoms with E-state index in [1.165, 1.54) is 21.1 Å². The molecular formula is C13H22N2O4S. The molecule has 0 bridgehead atoms. The van der Waals surface area contributed by atoms with E-state index in [2.05, 4.69) is 0 Å². The maximum Gasteiger partial charge on any atom is 0.352 e. The summed E-state index contributed by atoms with van der Waals surface area (Å²) in [6.07, 6.45) is 2.10. The highest BCUT2D eigenvalue weighted by Gasteiger charge is 2.29. The van der Waals surface area contributed by atoms with Crippen molar-refractivity contribution < 1.29 is 18.3 Å². The van der Waals surface area contributed by atoms with E-state index in [0.717, 1.165) is 0 Å². The van der Waals surface area contributed by atoms with Gasteiger partial charge in [-0.2, -0.15) is 4.31 Å². The average molecular weight is 302 g/mol. The predicted molar refractivity (Wildman–Crippen MR) is 76.4 cm³/mol. The van der Waals surface area contributed by atoms with Crippen molar-refractivity contribution in [3.05, 3.63) is 18.0 Å². The third kappa shape index (κ3) is 3.21. The minimum atomic E-state index is -3.66. The average Bonchev–Trinajstić information content (AvgIpc) is 2.80. The first-order valence-corrected chi connectivity index (χ1v) is 8.15. The molecule has 0 spiro atoms. The summed E-state index contributed by atoms with van der Waals surface area (Å²) in [4.78, 5) is 11.2. The second kappa shape index (κ2) is 6.41. The number of aromatic carboxylic acids is 1. The van der Waals surface area contributed by atoms with Crippen molar-refractivity contribution in [2.75, 3.05) is 6.54 Å². The lowest BCUT2D eigenvalue weighted by Gasteiger charge is -2.24. The van der Waals surface area contributed by atoms with Gasteiger partial charge < -0.3 is 9.67 Å². The van der Waals surface area contributed by atoms with Crippen molar-refractivity contribution in [1.29, 1.82) is 0 Å². The molecule has 0 atom stereocenters. The summed E-state index contributed by atoms with van der Waals surface area (Å²) in [6, 6.07) is 1.06. The Morgan fingerprint density at radius 2 is 2.00 bits per heavy atom. The van der Waals surface area contributed by atoms with Crippen LogP contribution in [0.3, 0.4) is 0 Å². The van der Waals surface area contributed by atoms with E-state index >= 15 is 0 Å². The Labute approximate surface area is 120 Å².